The van der Waals surface area contributed by atoms with Crippen molar-refractivity contribution in [2.24, 2.45) is 11.7 Å². The molecule has 1 aromatic rings. The van der Waals surface area contributed by atoms with Crippen molar-refractivity contribution in [3.05, 3.63) is 35.4 Å². The van der Waals surface area contributed by atoms with Crippen molar-refractivity contribution in [3.8, 4) is 0 Å². The molecule has 2 aliphatic rings. The maximum atomic E-state index is 12.1. The molecule has 4 heteroatoms. The van der Waals surface area contributed by atoms with Gasteiger partial charge in [0.25, 0.3) is 5.91 Å². The molecule has 0 bridgehead atoms. The first kappa shape index (κ1) is 13.6. The zero-order valence-corrected chi connectivity index (χ0v) is 11.8. The minimum atomic E-state index is 0.0263. The summed E-state index contributed by atoms with van der Waals surface area (Å²) in [6.07, 6.45) is 3.95. The van der Waals surface area contributed by atoms with E-state index < -0.39 is 0 Å². The highest BCUT2D eigenvalue weighted by molar-refractivity contribution is 5.94. The van der Waals surface area contributed by atoms with Gasteiger partial charge in [-0.3, -0.25) is 4.79 Å². The van der Waals surface area contributed by atoms with Crippen molar-refractivity contribution in [2.45, 2.75) is 31.8 Å². The third-order valence-electron chi connectivity index (χ3n) is 4.38. The van der Waals surface area contributed by atoms with Crippen LogP contribution < -0.4 is 11.1 Å². The quantitative estimate of drug-likeness (QED) is 0.851. The number of nitrogens with zero attached hydrogens (tertiary/aromatic N) is 1. The van der Waals surface area contributed by atoms with Crippen LogP contribution in [0.25, 0.3) is 0 Å². The van der Waals surface area contributed by atoms with Gasteiger partial charge in [0.1, 0.15) is 0 Å². The lowest BCUT2D eigenvalue weighted by molar-refractivity contribution is 0.0947. The van der Waals surface area contributed by atoms with Crippen LogP contribution in [0.4, 0.5) is 0 Å². The molecule has 3 rings (SSSR count). The summed E-state index contributed by atoms with van der Waals surface area (Å²) < 4.78 is 0. The van der Waals surface area contributed by atoms with Gasteiger partial charge in [-0.2, -0.15) is 0 Å². The first-order chi connectivity index (χ1) is 9.76. The normalized spacial score (nSPS) is 22.9. The van der Waals surface area contributed by atoms with Crippen LogP contribution in [0.2, 0.25) is 0 Å². The molecule has 1 unspecified atom stereocenters. The van der Waals surface area contributed by atoms with E-state index in [1.54, 1.807) is 0 Å². The van der Waals surface area contributed by atoms with Gasteiger partial charge >= 0.3 is 0 Å². The minimum absolute atomic E-state index is 0.0263. The molecule has 1 saturated heterocycles. The lowest BCUT2D eigenvalue weighted by atomic mass is 10.1. The molecule has 1 amide bonds. The molecule has 4 nitrogen and oxygen atoms in total. The molecule has 20 heavy (non-hydrogen) atoms. The molecular weight excluding hydrogens is 250 g/mol. The standard InChI is InChI=1S/C16H23N3O/c17-9-12-1-3-14(4-2-12)16(20)18-10-13-7-8-19(11-13)15-5-6-15/h1-4,13,15H,5-11,17H2,(H,18,20). The summed E-state index contributed by atoms with van der Waals surface area (Å²) in [5, 5.41) is 3.06. The number of nitrogens with two attached hydrogens (primary N) is 1. The van der Waals surface area contributed by atoms with Crippen LogP contribution in [-0.4, -0.2) is 36.5 Å². The van der Waals surface area contributed by atoms with Gasteiger partial charge in [-0.15, -0.1) is 0 Å². The SMILES string of the molecule is NCc1ccc(C(=O)NCC2CCN(C3CC3)C2)cc1. The highest BCUT2D eigenvalue weighted by atomic mass is 16.1. The highest BCUT2D eigenvalue weighted by Gasteiger charge is 2.34. The Labute approximate surface area is 120 Å². The number of rotatable bonds is 5. The molecule has 1 atom stereocenters. The number of carbonyl (C=O) groups excluding carboxylic acids is 1. The van der Waals surface area contributed by atoms with Gasteiger partial charge in [-0.25, -0.2) is 0 Å². The second kappa shape index (κ2) is 5.94. The Bertz CT molecular complexity index is 467. The molecule has 0 spiro atoms. The molecular formula is C16H23N3O. The molecule has 1 aromatic carbocycles. The molecule has 1 aliphatic heterocycles. The Morgan fingerprint density at radius 1 is 1.25 bits per heavy atom. The van der Waals surface area contributed by atoms with E-state index in [-0.39, 0.29) is 5.91 Å². The van der Waals surface area contributed by atoms with Crippen LogP contribution in [-0.2, 0) is 6.54 Å². The van der Waals surface area contributed by atoms with Gasteiger partial charge in [0.2, 0.25) is 0 Å². The van der Waals surface area contributed by atoms with Gasteiger partial charge < -0.3 is 16.0 Å². The Morgan fingerprint density at radius 2 is 2.00 bits per heavy atom. The molecule has 0 aromatic heterocycles. The number of amides is 1. The fourth-order valence-electron chi connectivity index (χ4n) is 2.93. The van der Waals surface area contributed by atoms with Crippen molar-refractivity contribution in [3.63, 3.8) is 0 Å². The first-order valence-electron chi connectivity index (χ1n) is 7.57. The maximum absolute atomic E-state index is 12.1. The molecule has 1 aliphatic carbocycles. The molecule has 0 radical (unpaired) electrons. The van der Waals surface area contributed by atoms with E-state index in [2.05, 4.69) is 10.2 Å². The van der Waals surface area contributed by atoms with E-state index >= 15 is 0 Å². The van der Waals surface area contributed by atoms with Gasteiger partial charge in [0, 0.05) is 31.2 Å². The third kappa shape index (κ3) is 3.19. The van der Waals surface area contributed by atoms with E-state index in [1.165, 1.54) is 25.8 Å². The van der Waals surface area contributed by atoms with Crippen LogP contribution in [0, 0.1) is 5.92 Å². The summed E-state index contributed by atoms with van der Waals surface area (Å²) in [5.41, 5.74) is 7.33. The summed E-state index contributed by atoms with van der Waals surface area (Å²) in [7, 11) is 0. The smallest absolute Gasteiger partial charge is 0.251 e. The van der Waals surface area contributed by atoms with Crippen molar-refractivity contribution < 1.29 is 4.79 Å². The van der Waals surface area contributed by atoms with E-state index in [0.717, 1.165) is 30.3 Å². The average molecular weight is 273 g/mol. The van der Waals surface area contributed by atoms with Gasteiger partial charge in [0.15, 0.2) is 0 Å². The predicted molar refractivity (Wildman–Crippen MR) is 79.4 cm³/mol. The van der Waals surface area contributed by atoms with Crippen LogP contribution >= 0.6 is 0 Å². The summed E-state index contributed by atoms with van der Waals surface area (Å²) >= 11 is 0. The number of carbonyl (C=O) groups is 1. The molecule has 2 fully saturated rings. The van der Waals surface area contributed by atoms with Crippen LogP contribution in [0.1, 0.15) is 35.2 Å². The van der Waals surface area contributed by atoms with Crippen LogP contribution in [0.5, 0.6) is 0 Å². The Morgan fingerprint density at radius 3 is 2.65 bits per heavy atom. The largest absolute Gasteiger partial charge is 0.352 e. The van der Waals surface area contributed by atoms with Gasteiger partial charge in [-0.1, -0.05) is 12.1 Å². The second-order valence-electron chi connectivity index (χ2n) is 5.99. The molecule has 1 heterocycles. The van der Waals surface area contributed by atoms with E-state index in [9.17, 15) is 4.79 Å². The summed E-state index contributed by atoms with van der Waals surface area (Å²) in [6.45, 7) is 3.66. The summed E-state index contributed by atoms with van der Waals surface area (Å²) in [6, 6.07) is 8.38. The number of nitrogens with one attached hydrogen (secondary N) is 1. The predicted octanol–water partition coefficient (Wildman–Crippen LogP) is 1.36. The summed E-state index contributed by atoms with van der Waals surface area (Å²) in [4.78, 5) is 14.6. The number of hydrogen-bond acceptors (Lipinski definition) is 3. The van der Waals surface area contributed by atoms with Crippen molar-refractivity contribution in [1.29, 1.82) is 0 Å². The maximum Gasteiger partial charge on any atom is 0.251 e. The van der Waals surface area contributed by atoms with E-state index in [4.69, 9.17) is 5.73 Å². The van der Waals surface area contributed by atoms with Crippen LogP contribution in [0.3, 0.4) is 0 Å². The monoisotopic (exact) mass is 273 g/mol. The molecule has 108 valence electrons. The molecule has 3 N–H and O–H groups in total. The highest BCUT2D eigenvalue weighted by Crippen LogP contribution is 2.31. The van der Waals surface area contributed by atoms with E-state index in [1.807, 2.05) is 24.3 Å². The fourth-order valence-corrected chi connectivity index (χ4v) is 2.93. The minimum Gasteiger partial charge on any atom is -0.352 e. The topological polar surface area (TPSA) is 58.4 Å². The number of hydrogen-bond donors (Lipinski definition) is 2. The zero-order chi connectivity index (χ0) is 13.9. The molecule has 1 saturated carbocycles. The van der Waals surface area contributed by atoms with Gasteiger partial charge in [-0.05, 0) is 49.4 Å². The van der Waals surface area contributed by atoms with E-state index in [0.29, 0.717) is 12.5 Å². The Balaban J connectivity index is 1.46. The van der Waals surface area contributed by atoms with Crippen molar-refractivity contribution >= 4 is 5.91 Å². The first-order valence-corrected chi connectivity index (χ1v) is 7.57. The van der Waals surface area contributed by atoms with Gasteiger partial charge in [0.05, 0.1) is 0 Å². The third-order valence-corrected chi connectivity index (χ3v) is 4.38. The van der Waals surface area contributed by atoms with Crippen molar-refractivity contribution in [1.82, 2.24) is 10.2 Å². The number of likely N-dealkylation sites (tertiary alicyclic amines) is 1. The zero-order valence-electron chi connectivity index (χ0n) is 11.8. The fraction of sp³-hybridized carbons (Fsp3) is 0.562. The van der Waals surface area contributed by atoms with Crippen LogP contribution in [0.15, 0.2) is 24.3 Å². The average Bonchev–Trinajstić information content (AvgIpc) is 3.24. The second-order valence-corrected chi connectivity index (χ2v) is 5.99. The Hall–Kier alpha value is -1.39. The lowest BCUT2D eigenvalue weighted by Crippen LogP contribution is -2.31. The number of benzene rings is 1. The van der Waals surface area contributed by atoms with Crippen molar-refractivity contribution in [2.75, 3.05) is 19.6 Å². The summed E-state index contributed by atoms with van der Waals surface area (Å²) in [5.74, 6) is 0.640. The lowest BCUT2D eigenvalue weighted by Gasteiger charge is -2.15. The Kier molecular flexibility index (Phi) is 4.03.